The van der Waals surface area contributed by atoms with Crippen LogP contribution in [0.3, 0.4) is 0 Å². The van der Waals surface area contributed by atoms with E-state index in [1.165, 1.54) is 31.4 Å². The number of nitrogens with one attached hydrogen (secondary N) is 2. The molecule has 1 unspecified atom stereocenters. The van der Waals surface area contributed by atoms with Gasteiger partial charge in [-0.1, -0.05) is 31.4 Å². The zero-order chi connectivity index (χ0) is 14.4. The van der Waals surface area contributed by atoms with Crippen molar-refractivity contribution in [3.63, 3.8) is 0 Å². The highest BCUT2D eigenvalue weighted by molar-refractivity contribution is 5.79. The van der Waals surface area contributed by atoms with Crippen LogP contribution in [0.5, 0.6) is 0 Å². The Kier molecular flexibility index (Phi) is 5.35. The Morgan fingerprint density at radius 2 is 1.90 bits per heavy atom. The van der Waals surface area contributed by atoms with Crippen molar-refractivity contribution in [1.82, 2.24) is 10.7 Å². The lowest BCUT2D eigenvalue weighted by Gasteiger charge is -2.21. The molecule has 20 heavy (non-hydrogen) atoms. The fraction of sp³-hybridized carbons (Fsp3) is 0.533. The summed E-state index contributed by atoms with van der Waals surface area (Å²) >= 11 is 0. The number of nitrogens with two attached hydrogens (primary N) is 1. The number of benzene rings is 1. The Morgan fingerprint density at radius 3 is 2.50 bits per heavy atom. The molecule has 1 aliphatic rings. The molecule has 5 heteroatoms. The molecule has 1 fully saturated rings. The summed E-state index contributed by atoms with van der Waals surface area (Å²) in [5, 5.41) is 3.24. The average molecular weight is 278 g/mol. The van der Waals surface area contributed by atoms with Gasteiger partial charge >= 0.3 is 0 Å². The molecular weight excluding hydrogens is 255 g/mol. The van der Waals surface area contributed by atoms with Crippen LogP contribution in [-0.4, -0.2) is 12.0 Å². The van der Waals surface area contributed by atoms with E-state index < -0.39 is 0 Å². The average Bonchev–Trinajstić information content (AvgIpc) is 2.48. The maximum atomic E-state index is 12.9. The van der Waals surface area contributed by atoms with Crippen LogP contribution in [0.4, 0.5) is 4.39 Å². The van der Waals surface area contributed by atoms with Crippen molar-refractivity contribution >= 4 is 5.96 Å². The Morgan fingerprint density at radius 1 is 1.25 bits per heavy atom. The highest BCUT2D eigenvalue weighted by atomic mass is 19.1. The number of hydrogen-bond acceptors (Lipinski definition) is 2. The summed E-state index contributed by atoms with van der Waals surface area (Å²) in [5.41, 5.74) is 3.62. The Balaban J connectivity index is 1.97. The molecule has 0 aromatic heterocycles. The minimum Gasteiger partial charge on any atom is -0.349 e. The van der Waals surface area contributed by atoms with E-state index in [4.69, 9.17) is 5.84 Å². The molecule has 0 aliphatic heterocycles. The van der Waals surface area contributed by atoms with Crippen LogP contribution in [0.2, 0.25) is 0 Å². The van der Waals surface area contributed by atoms with Crippen LogP contribution >= 0.6 is 0 Å². The molecular formula is C15H23FN4. The van der Waals surface area contributed by atoms with Gasteiger partial charge in [-0.2, -0.15) is 0 Å². The van der Waals surface area contributed by atoms with Crippen molar-refractivity contribution in [2.75, 3.05) is 0 Å². The van der Waals surface area contributed by atoms with E-state index in [0.717, 1.165) is 18.4 Å². The Labute approximate surface area is 119 Å². The fourth-order valence-electron chi connectivity index (χ4n) is 2.55. The molecule has 0 saturated heterocycles. The van der Waals surface area contributed by atoms with Crippen molar-refractivity contribution in [2.24, 2.45) is 10.8 Å². The minimum absolute atomic E-state index is 0.0222. The monoisotopic (exact) mass is 278 g/mol. The van der Waals surface area contributed by atoms with Gasteiger partial charge in [0.05, 0.1) is 12.1 Å². The number of aliphatic imine (C=N–C) groups is 1. The number of hydrogen-bond donors (Lipinski definition) is 3. The lowest BCUT2D eigenvalue weighted by Crippen LogP contribution is -2.43. The van der Waals surface area contributed by atoms with Crippen LogP contribution in [0.1, 0.15) is 50.6 Å². The molecule has 1 saturated carbocycles. The zero-order valence-electron chi connectivity index (χ0n) is 11.9. The molecule has 4 N–H and O–H groups in total. The van der Waals surface area contributed by atoms with E-state index in [-0.39, 0.29) is 11.9 Å². The van der Waals surface area contributed by atoms with Gasteiger partial charge in [-0.25, -0.2) is 15.2 Å². The molecule has 4 nitrogen and oxygen atoms in total. The van der Waals surface area contributed by atoms with Crippen molar-refractivity contribution < 1.29 is 4.39 Å². The van der Waals surface area contributed by atoms with Crippen LogP contribution < -0.4 is 16.6 Å². The van der Waals surface area contributed by atoms with Gasteiger partial charge in [0, 0.05) is 0 Å². The van der Waals surface area contributed by atoms with E-state index in [1.54, 1.807) is 12.1 Å². The number of rotatable bonds is 3. The van der Waals surface area contributed by atoms with Crippen LogP contribution in [0, 0.1) is 5.82 Å². The SMILES string of the molecule is CC(NC(=NC1CCCCC1)NN)c1ccc(F)cc1. The summed E-state index contributed by atoms with van der Waals surface area (Å²) in [7, 11) is 0. The Bertz CT molecular complexity index is 438. The Hall–Kier alpha value is -1.62. The zero-order valence-corrected chi connectivity index (χ0v) is 11.9. The molecule has 1 aromatic carbocycles. The van der Waals surface area contributed by atoms with E-state index in [0.29, 0.717) is 12.0 Å². The third-order valence-electron chi connectivity index (χ3n) is 3.75. The molecule has 0 bridgehead atoms. The highest BCUT2D eigenvalue weighted by Crippen LogP contribution is 2.20. The van der Waals surface area contributed by atoms with E-state index in [1.807, 2.05) is 6.92 Å². The van der Waals surface area contributed by atoms with Gasteiger partial charge in [-0.3, -0.25) is 5.43 Å². The number of guanidine groups is 1. The van der Waals surface area contributed by atoms with Crippen LogP contribution in [0.25, 0.3) is 0 Å². The van der Waals surface area contributed by atoms with E-state index in [2.05, 4.69) is 15.7 Å². The molecule has 0 heterocycles. The summed E-state index contributed by atoms with van der Waals surface area (Å²) in [5.74, 6) is 5.91. The molecule has 1 aromatic rings. The fourth-order valence-corrected chi connectivity index (χ4v) is 2.55. The van der Waals surface area contributed by atoms with Crippen molar-refractivity contribution in [1.29, 1.82) is 0 Å². The quantitative estimate of drug-likeness (QED) is 0.345. The highest BCUT2D eigenvalue weighted by Gasteiger charge is 2.14. The first kappa shape index (κ1) is 14.8. The molecule has 0 amide bonds. The first-order valence-corrected chi connectivity index (χ1v) is 7.25. The smallest absolute Gasteiger partial charge is 0.206 e. The molecule has 0 spiro atoms. The molecule has 1 atom stereocenters. The van der Waals surface area contributed by atoms with Crippen molar-refractivity contribution in [3.05, 3.63) is 35.6 Å². The van der Waals surface area contributed by atoms with E-state index >= 15 is 0 Å². The van der Waals surface area contributed by atoms with Gasteiger partial charge in [0.2, 0.25) is 5.96 Å². The summed E-state index contributed by atoms with van der Waals surface area (Å²) in [6, 6.07) is 6.82. The van der Waals surface area contributed by atoms with Crippen molar-refractivity contribution in [3.8, 4) is 0 Å². The molecule has 0 radical (unpaired) electrons. The summed E-state index contributed by atoms with van der Waals surface area (Å²) in [6.07, 6.45) is 6.02. The maximum Gasteiger partial charge on any atom is 0.206 e. The first-order chi connectivity index (χ1) is 9.69. The van der Waals surface area contributed by atoms with Gasteiger partial charge in [0.1, 0.15) is 5.82 Å². The summed E-state index contributed by atoms with van der Waals surface area (Å²) in [6.45, 7) is 2.00. The summed E-state index contributed by atoms with van der Waals surface area (Å²) < 4.78 is 12.9. The second-order valence-electron chi connectivity index (χ2n) is 5.33. The number of hydrazine groups is 1. The first-order valence-electron chi connectivity index (χ1n) is 7.25. The standard InChI is InChI=1S/C15H23FN4/c1-11(12-7-9-13(16)10-8-12)18-15(20-17)19-14-5-3-2-4-6-14/h7-11,14H,2-6,17H2,1H3,(H2,18,19,20). The third-order valence-corrected chi connectivity index (χ3v) is 3.75. The van der Waals surface area contributed by atoms with Gasteiger partial charge in [0.15, 0.2) is 0 Å². The van der Waals surface area contributed by atoms with Gasteiger partial charge in [0.25, 0.3) is 0 Å². The number of nitrogens with zero attached hydrogens (tertiary/aromatic N) is 1. The predicted octanol–water partition coefficient (Wildman–Crippen LogP) is 2.63. The second-order valence-corrected chi connectivity index (χ2v) is 5.33. The summed E-state index contributed by atoms with van der Waals surface area (Å²) in [4.78, 5) is 4.63. The normalized spacial score (nSPS) is 18.6. The lowest BCUT2D eigenvalue weighted by molar-refractivity contribution is 0.440. The van der Waals surface area contributed by atoms with Crippen LogP contribution in [0.15, 0.2) is 29.3 Å². The van der Waals surface area contributed by atoms with Gasteiger partial charge in [-0.05, 0) is 37.5 Å². The van der Waals surface area contributed by atoms with Gasteiger partial charge < -0.3 is 5.32 Å². The van der Waals surface area contributed by atoms with Crippen LogP contribution in [-0.2, 0) is 0 Å². The molecule has 2 rings (SSSR count). The van der Waals surface area contributed by atoms with E-state index in [9.17, 15) is 4.39 Å². The van der Waals surface area contributed by atoms with Crippen molar-refractivity contribution in [2.45, 2.75) is 51.1 Å². The molecule has 1 aliphatic carbocycles. The molecule has 110 valence electrons. The minimum atomic E-state index is -0.228. The maximum absolute atomic E-state index is 12.9. The third kappa shape index (κ3) is 4.20. The largest absolute Gasteiger partial charge is 0.349 e. The number of halogens is 1. The lowest BCUT2D eigenvalue weighted by atomic mass is 9.96. The topological polar surface area (TPSA) is 62.4 Å². The van der Waals surface area contributed by atoms with Gasteiger partial charge in [-0.15, -0.1) is 0 Å². The predicted molar refractivity (Wildman–Crippen MR) is 79.6 cm³/mol. The second kappa shape index (κ2) is 7.24.